The van der Waals surface area contributed by atoms with E-state index in [1.165, 1.54) is 0 Å². The van der Waals surface area contributed by atoms with E-state index in [9.17, 15) is 9.00 Å². The number of carboxylic acid groups (broad SMARTS) is 1. The Morgan fingerprint density at radius 2 is 1.63 bits per heavy atom. The largest absolute Gasteiger partial charge is 0.494 e. The van der Waals surface area contributed by atoms with Crippen LogP contribution in [0.2, 0.25) is 5.02 Å². The predicted octanol–water partition coefficient (Wildman–Crippen LogP) is 6.63. The van der Waals surface area contributed by atoms with Gasteiger partial charge in [-0.15, -0.1) is 0 Å². The zero-order valence-electron chi connectivity index (χ0n) is 20.6. The van der Waals surface area contributed by atoms with Crippen molar-refractivity contribution in [3.63, 3.8) is 0 Å². The lowest BCUT2D eigenvalue weighted by molar-refractivity contribution is -0.149. The number of carbonyl (C=O) groups is 1. The van der Waals surface area contributed by atoms with Crippen molar-refractivity contribution in [3.05, 3.63) is 88.4 Å². The van der Waals surface area contributed by atoms with E-state index in [0.717, 1.165) is 38.7 Å². The highest BCUT2D eigenvalue weighted by atomic mass is 35.5. The average molecular weight is 517 g/mol. The molecule has 7 heteroatoms. The molecule has 0 radical (unpaired) electrons. The van der Waals surface area contributed by atoms with Crippen LogP contribution in [0.25, 0.3) is 0 Å². The van der Waals surface area contributed by atoms with Gasteiger partial charge in [-0.3, -0.25) is 0 Å². The highest BCUT2D eigenvalue weighted by Gasteiger charge is 2.17. The van der Waals surface area contributed by atoms with Gasteiger partial charge in [-0.2, -0.15) is 0 Å². The number of aliphatic carboxylic acids is 1. The molecule has 0 amide bonds. The summed E-state index contributed by atoms with van der Waals surface area (Å²) in [5, 5.41) is 9.66. The Bertz CT molecular complexity index is 1110. The van der Waals surface area contributed by atoms with Crippen LogP contribution < -0.4 is 4.74 Å². The number of rotatable bonds is 10. The predicted molar refractivity (Wildman–Crippen MR) is 141 cm³/mol. The molecule has 3 aromatic carbocycles. The number of benzene rings is 3. The van der Waals surface area contributed by atoms with Crippen molar-refractivity contribution in [1.82, 2.24) is 0 Å². The summed E-state index contributed by atoms with van der Waals surface area (Å²) in [7, 11) is -1.14. The molecule has 0 heterocycles. The Hall–Kier alpha value is -2.67. The minimum atomic E-state index is -1.14. The Kier molecular flexibility index (Phi) is 12.0. The molecule has 0 aliphatic rings. The normalized spacial score (nSPS) is 12.3. The quantitative estimate of drug-likeness (QED) is 0.327. The van der Waals surface area contributed by atoms with E-state index >= 15 is 0 Å². The molecule has 3 aromatic rings. The van der Waals surface area contributed by atoms with E-state index < -0.39 is 22.9 Å². The van der Waals surface area contributed by atoms with Crippen LogP contribution in [0.4, 0.5) is 0 Å². The number of carboxylic acids is 1. The van der Waals surface area contributed by atoms with Gasteiger partial charge in [0.15, 0.2) is 6.10 Å². The molecule has 0 aromatic heterocycles. The number of aryl methyl sites for hydroxylation is 2. The fourth-order valence-corrected chi connectivity index (χ4v) is 4.85. The molecule has 0 fully saturated rings. The van der Waals surface area contributed by atoms with Crippen molar-refractivity contribution < 1.29 is 23.6 Å². The molecule has 2 atom stereocenters. The molecule has 5 nitrogen and oxygen atoms in total. The average Bonchev–Trinajstić information content (AvgIpc) is 2.83. The monoisotopic (exact) mass is 516 g/mol. The SMILES string of the molecule is CCCOc1ccc(CC(OCC)C(=O)O)cc1.Cc1ccccc1S(=O)c1ccc(Cl)cc1C. The lowest BCUT2D eigenvalue weighted by Gasteiger charge is -2.12. The van der Waals surface area contributed by atoms with Gasteiger partial charge < -0.3 is 14.6 Å². The molecule has 1 N–H and O–H groups in total. The fraction of sp³-hybridized carbons (Fsp3) is 0.321. The van der Waals surface area contributed by atoms with Crippen molar-refractivity contribution in [2.24, 2.45) is 0 Å². The smallest absolute Gasteiger partial charge is 0.333 e. The van der Waals surface area contributed by atoms with E-state index in [1.54, 1.807) is 13.0 Å². The summed E-state index contributed by atoms with van der Waals surface area (Å²) in [5.74, 6) is -0.118. The first-order valence-electron chi connectivity index (χ1n) is 11.6. The summed E-state index contributed by atoms with van der Waals surface area (Å²) in [6.07, 6.45) is 0.558. The van der Waals surface area contributed by atoms with Crippen LogP contribution in [-0.2, 0) is 26.8 Å². The Morgan fingerprint density at radius 1 is 0.971 bits per heavy atom. The van der Waals surface area contributed by atoms with Crippen molar-refractivity contribution in [1.29, 1.82) is 0 Å². The molecule has 2 unspecified atom stereocenters. The van der Waals surface area contributed by atoms with Crippen LogP contribution in [0, 0.1) is 13.8 Å². The van der Waals surface area contributed by atoms with E-state index in [0.29, 0.717) is 24.7 Å². The molecule has 188 valence electrons. The number of hydrogen-bond acceptors (Lipinski definition) is 4. The van der Waals surface area contributed by atoms with Crippen molar-refractivity contribution >= 4 is 28.4 Å². The van der Waals surface area contributed by atoms with E-state index in [-0.39, 0.29) is 0 Å². The van der Waals surface area contributed by atoms with Gasteiger partial charge in [0.25, 0.3) is 0 Å². The number of hydrogen-bond donors (Lipinski definition) is 1. The summed E-state index contributed by atoms with van der Waals surface area (Å²) in [4.78, 5) is 12.6. The van der Waals surface area contributed by atoms with Crippen LogP contribution in [0.5, 0.6) is 5.75 Å². The highest BCUT2D eigenvalue weighted by molar-refractivity contribution is 7.85. The van der Waals surface area contributed by atoms with Gasteiger partial charge in [0.05, 0.1) is 17.4 Å². The van der Waals surface area contributed by atoms with E-state index in [1.807, 2.05) is 81.4 Å². The summed E-state index contributed by atoms with van der Waals surface area (Å²) in [6, 6.07) is 20.6. The van der Waals surface area contributed by atoms with Crippen LogP contribution in [0.3, 0.4) is 0 Å². The van der Waals surface area contributed by atoms with Crippen LogP contribution >= 0.6 is 11.6 Å². The zero-order chi connectivity index (χ0) is 25.8. The Morgan fingerprint density at radius 3 is 2.20 bits per heavy atom. The van der Waals surface area contributed by atoms with Crippen molar-refractivity contribution in [3.8, 4) is 5.75 Å². The maximum atomic E-state index is 12.5. The molecule has 0 spiro atoms. The second kappa shape index (κ2) is 14.7. The Labute approximate surface area is 215 Å². The fourth-order valence-electron chi connectivity index (χ4n) is 3.28. The second-order valence-electron chi connectivity index (χ2n) is 7.92. The maximum Gasteiger partial charge on any atom is 0.333 e. The van der Waals surface area contributed by atoms with Crippen molar-refractivity contribution in [2.45, 2.75) is 56.4 Å². The zero-order valence-corrected chi connectivity index (χ0v) is 22.2. The van der Waals surface area contributed by atoms with Crippen molar-refractivity contribution in [2.75, 3.05) is 13.2 Å². The molecule has 35 heavy (non-hydrogen) atoms. The van der Waals surface area contributed by atoms with Gasteiger partial charge in [-0.05, 0) is 80.3 Å². The molecule has 3 rings (SSSR count). The van der Waals surface area contributed by atoms with Gasteiger partial charge in [0.1, 0.15) is 5.75 Å². The van der Waals surface area contributed by atoms with E-state index in [4.69, 9.17) is 26.2 Å². The lowest BCUT2D eigenvalue weighted by Crippen LogP contribution is -2.26. The standard InChI is InChI=1S/C14H13ClOS.C14H20O4/c1-10-5-3-4-6-13(10)17(16)14-8-7-12(15)9-11(14)2;1-3-9-18-12-7-5-11(6-8-12)10-13(14(15)16)17-4-2/h3-9H,1-2H3;5-8,13H,3-4,9-10H2,1-2H3,(H,15,16). The summed E-state index contributed by atoms with van der Waals surface area (Å²) in [5.41, 5.74) is 2.93. The number of ether oxygens (including phenoxy) is 2. The molecule has 0 aliphatic carbocycles. The maximum absolute atomic E-state index is 12.5. The Balaban J connectivity index is 0.000000247. The van der Waals surface area contributed by atoms with Crippen LogP contribution in [0.1, 0.15) is 37.0 Å². The highest BCUT2D eigenvalue weighted by Crippen LogP contribution is 2.24. The summed E-state index contributed by atoms with van der Waals surface area (Å²) >= 11 is 5.90. The summed E-state index contributed by atoms with van der Waals surface area (Å²) < 4.78 is 23.1. The van der Waals surface area contributed by atoms with Crippen LogP contribution in [0.15, 0.2) is 76.5 Å². The molecule has 0 aliphatic heterocycles. The van der Waals surface area contributed by atoms with Gasteiger partial charge in [-0.1, -0.05) is 48.9 Å². The number of halogens is 1. The first-order chi connectivity index (χ1) is 16.8. The minimum absolute atomic E-state index is 0.372. The van der Waals surface area contributed by atoms with Gasteiger partial charge in [0, 0.05) is 27.8 Å². The molecular formula is C28H33ClO5S. The first kappa shape index (κ1) is 28.6. The topological polar surface area (TPSA) is 72.8 Å². The minimum Gasteiger partial charge on any atom is -0.494 e. The first-order valence-corrected chi connectivity index (χ1v) is 13.1. The molecule has 0 saturated carbocycles. The third-order valence-electron chi connectivity index (χ3n) is 5.09. The van der Waals surface area contributed by atoms with Gasteiger partial charge in [-0.25, -0.2) is 9.00 Å². The third kappa shape index (κ3) is 9.13. The van der Waals surface area contributed by atoms with E-state index in [2.05, 4.69) is 0 Å². The van der Waals surface area contributed by atoms with Gasteiger partial charge >= 0.3 is 5.97 Å². The molecular weight excluding hydrogens is 484 g/mol. The summed E-state index contributed by atoms with van der Waals surface area (Å²) in [6.45, 7) is 8.83. The lowest BCUT2D eigenvalue weighted by atomic mass is 10.1. The third-order valence-corrected chi connectivity index (χ3v) is 7.04. The second-order valence-corrected chi connectivity index (χ2v) is 9.78. The van der Waals surface area contributed by atoms with Crippen LogP contribution in [-0.4, -0.2) is 34.6 Å². The molecule has 0 saturated heterocycles. The van der Waals surface area contributed by atoms with Gasteiger partial charge in [0.2, 0.25) is 0 Å². The molecule has 0 bridgehead atoms.